The Balaban J connectivity index is 1.61. The lowest BCUT2D eigenvalue weighted by Crippen LogP contribution is -2.59. The summed E-state index contributed by atoms with van der Waals surface area (Å²) in [5, 5.41) is 61.2. The minimum Gasteiger partial charge on any atom is -0.504 e. The van der Waals surface area contributed by atoms with Crippen LogP contribution < -0.4 is 0 Å². The number of benzene rings is 1. The molecule has 214 valence electrons. The molecule has 1 aliphatic heterocycles. The molecule has 0 saturated carbocycles. The van der Waals surface area contributed by atoms with Gasteiger partial charge in [0.2, 0.25) is 0 Å². The highest BCUT2D eigenvalue weighted by Crippen LogP contribution is 2.44. The molecule has 11 nitrogen and oxygen atoms in total. The van der Waals surface area contributed by atoms with Crippen LogP contribution in [0.2, 0.25) is 0 Å². The molecule has 1 heterocycles. The lowest BCUT2D eigenvalue weighted by Gasteiger charge is -2.44. The first-order chi connectivity index (χ1) is 18.1. The van der Waals surface area contributed by atoms with Crippen molar-refractivity contribution in [3.05, 3.63) is 53.6 Å². The average molecular weight is 549 g/mol. The van der Waals surface area contributed by atoms with Gasteiger partial charge in [0.25, 0.3) is 0 Å². The number of rotatable bonds is 8. The maximum atomic E-state index is 12.1. The fourth-order valence-corrected chi connectivity index (χ4v) is 4.58. The Labute approximate surface area is 226 Å². The van der Waals surface area contributed by atoms with Crippen molar-refractivity contribution in [1.82, 2.24) is 0 Å². The smallest absolute Gasteiger partial charge is 0.330 e. The fraction of sp³-hybridized carbons (Fsp3) is 0.500. The maximum absolute atomic E-state index is 12.1. The molecule has 1 aromatic carbocycles. The van der Waals surface area contributed by atoms with Gasteiger partial charge in [0.1, 0.15) is 36.6 Å². The van der Waals surface area contributed by atoms with Crippen LogP contribution in [0, 0.1) is 5.41 Å². The van der Waals surface area contributed by atoms with Crippen LogP contribution in [0.15, 0.2) is 48.1 Å². The second-order valence-electron chi connectivity index (χ2n) is 10.5. The SMILES string of the molecule is CC1=CC(=O)CC(C)(C)[C@@]1(O)/C=C/[C@@H](C)O[C@@H]1O[C@H](COC(=O)/C=C/c2ccc(O)c(O)c2)[C@@H](O)[C@H](O)[C@H]1O. The van der Waals surface area contributed by atoms with Gasteiger partial charge < -0.3 is 44.8 Å². The normalized spacial score (nSPS) is 31.8. The van der Waals surface area contributed by atoms with E-state index in [-0.39, 0.29) is 23.7 Å². The van der Waals surface area contributed by atoms with Crippen molar-refractivity contribution in [1.29, 1.82) is 0 Å². The maximum Gasteiger partial charge on any atom is 0.330 e. The molecule has 0 bridgehead atoms. The number of carbonyl (C=O) groups is 2. The van der Waals surface area contributed by atoms with Crippen molar-refractivity contribution in [3.8, 4) is 11.5 Å². The molecule has 0 unspecified atom stereocenters. The highest BCUT2D eigenvalue weighted by molar-refractivity contribution is 5.92. The molecule has 3 rings (SSSR count). The number of phenolic OH excluding ortho intramolecular Hbond substituents is 2. The zero-order valence-corrected chi connectivity index (χ0v) is 22.2. The number of ether oxygens (including phenoxy) is 3. The van der Waals surface area contributed by atoms with E-state index in [0.717, 1.165) is 6.08 Å². The fourth-order valence-electron chi connectivity index (χ4n) is 4.58. The molecule has 1 aromatic rings. The molecule has 2 aliphatic rings. The van der Waals surface area contributed by atoms with E-state index >= 15 is 0 Å². The number of phenols is 2. The summed E-state index contributed by atoms with van der Waals surface area (Å²) in [6.07, 6.45) is -1.16. The van der Waals surface area contributed by atoms with Gasteiger partial charge in [0.15, 0.2) is 23.6 Å². The van der Waals surface area contributed by atoms with E-state index < -0.39 is 60.4 Å². The lowest BCUT2D eigenvalue weighted by atomic mass is 9.64. The van der Waals surface area contributed by atoms with Crippen molar-refractivity contribution >= 4 is 17.8 Å². The first-order valence-electron chi connectivity index (χ1n) is 12.5. The summed E-state index contributed by atoms with van der Waals surface area (Å²) < 4.78 is 16.4. The van der Waals surface area contributed by atoms with E-state index in [1.165, 1.54) is 36.4 Å². The van der Waals surface area contributed by atoms with Crippen molar-refractivity contribution in [2.24, 2.45) is 5.41 Å². The number of ketones is 1. The van der Waals surface area contributed by atoms with Crippen LogP contribution in [0.25, 0.3) is 6.08 Å². The van der Waals surface area contributed by atoms with Crippen LogP contribution in [0.1, 0.15) is 39.7 Å². The van der Waals surface area contributed by atoms with Crippen LogP contribution in [0.3, 0.4) is 0 Å². The van der Waals surface area contributed by atoms with Crippen LogP contribution in [-0.2, 0) is 23.8 Å². The average Bonchev–Trinajstić information content (AvgIpc) is 2.86. The zero-order valence-electron chi connectivity index (χ0n) is 22.2. The quantitative estimate of drug-likeness (QED) is 0.118. The van der Waals surface area contributed by atoms with E-state index in [0.29, 0.717) is 11.1 Å². The summed E-state index contributed by atoms with van der Waals surface area (Å²) in [5.41, 5.74) is -1.28. The molecule has 0 spiro atoms. The summed E-state index contributed by atoms with van der Waals surface area (Å²) in [7, 11) is 0. The number of aromatic hydroxyl groups is 2. The Morgan fingerprint density at radius 2 is 1.85 bits per heavy atom. The third-order valence-corrected chi connectivity index (χ3v) is 7.05. The van der Waals surface area contributed by atoms with E-state index in [4.69, 9.17) is 14.2 Å². The Kier molecular flexibility index (Phi) is 9.37. The standard InChI is InChI=1S/C28H36O11/c1-15-11-18(29)13-27(3,4)28(15,36)10-9-16(2)38-26-25(35)24(34)23(33)21(39-26)14-37-22(32)8-6-17-5-7-19(30)20(31)12-17/h5-12,16,21,23-26,30-31,33-36H,13-14H2,1-4H3/b8-6+,10-9+/t16-,21-,23-,24+,25-,26-,28-/m1/s1. The highest BCUT2D eigenvalue weighted by Gasteiger charge is 2.47. The Morgan fingerprint density at radius 3 is 2.49 bits per heavy atom. The number of esters is 1. The second-order valence-corrected chi connectivity index (χ2v) is 10.5. The Hall–Kier alpha value is -3.06. The van der Waals surface area contributed by atoms with Crippen molar-refractivity contribution in [3.63, 3.8) is 0 Å². The predicted octanol–water partition coefficient (Wildman–Crippen LogP) is 1.10. The number of allylic oxidation sites excluding steroid dienone is 1. The number of aliphatic hydroxyl groups excluding tert-OH is 3. The molecule has 7 atom stereocenters. The van der Waals surface area contributed by atoms with Gasteiger partial charge in [-0.05, 0) is 55.3 Å². The van der Waals surface area contributed by atoms with Crippen molar-refractivity contribution in [2.75, 3.05) is 6.61 Å². The largest absolute Gasteiger partial charge is 0.504 e. The summed E-state index contributed by atoms with van der Waals surface area (Å²) in [6, 6.07) is 3.96. The lowest BCUT2D eigenvalue weighted by molar-refractivity contribution is -0.306. The van der Waals surface area contributed by atoms with Gasteiger partial charge in [-0.2, -0.15) is 0 Å². The minimum atomic E-state index is -1.66. The molecule has 1 aliphatic carbocycles. The molecule has 0 aromatic heterocycles. The summed E-state index contributed by atoms with van der Waals surface area (Å²) in [6.45, 7) is 6.37. The first kappa shape index (κ1) is 30.5. The number of aliphatic hydroxyl groups is 4. The first-order valence-corrected chi connectivity index (χ1v) is 12.5. The van der Waals surface area contributed by atoms with E-state index in [2.05, 4.69) is 0 Å². The van der Waals surface area contributed by atoms with E-state index in [9.17, 15) is 40.2 Å². The predicted molar refractivity (Wildman–Crippen MR) is 138 cm³/mol. The number of carbonyl (C=O) groups excluding carboxylic acids is 2. The third-order valence-electron chi connectivity index (χ3n) is 7.05. The van der Waals surface area contributed by atoms with Crippen LogP contribution in [-0.4, -0.2) is 91.4 Å². The summed E-state index contributed by atoms with van der Waals surface area (Å²) in [5.74, 6) is -1.55. The van der Waals surface area contributed by atoms with Gasteiger partial charge in [-0.15, -0.1) is 0 Å². The summed E-state index contributed by atoms with van der Waals surface area (Å²) >= 11 is 0. The van der Waals surface area contributed by atoms with Crippen molar-refractivity contribution < 1.29 is 54.4 Å². The second kappa shape index (κ2) is 12.0. The van der Waals surface area contributed by atoms with Gasteiger partial charge >= 0.3 is 5.97 Å². The molecule has 6 N–H and O–H groups in total. The topological polar surface area (TPSA) is 183 Å². The molecule has 1 fully saturated rings. The number of hydrogen-bond acceptors (Lipinski definition) is 11. The van der Waals surface area contributed by atoms with Crippen LogP contribution in [0.4, 0.5) is 0 Å². The molecule has 1 saturated heterocycles. The minimum absolute atomic E-state index is 0.0759. The van der Waals surface area contributed by atoms with Gasteiger partial charge in [-0.3, -0.25) is 4.79 Å². The third kappa shape index (κ3) is 6.93. The van der Waals surface area contributed by atoms with Gasteiger partial charge in [0.05, 0.1) is 6.10 Å². The van der Waals surface area contributed by atoms with E-state index in [1.54, 1.807) is 33.8 Å². The van der Waals surface area contributed by atoms with Crippen molar-refractivity contribution in [2.45, 2.75) is 76.5 Å². The molecule has 0 radical (unpaired) electrons. The molecule has 39 heavy (non-hydrogen) atoms. The summed E-state index contributed by atoms with van der Waals surface area (Å²) in [4.78, 5) is 24.1. The van der Waals surface area contributed by atoms with Crippen LogP contribution >= 0.6 is 0 Å². The monoisotopic (exact) mass is 548 g/mol. The Morgan fingerprint density at radius 1 is 1.15 bits per heavy atom. The van der Waals surface area contributed by atoms with Crippen LogP contribution in [0.5, 0.6) is 11.5 Å². The Bertz CT molecular complexity index is 1150. The van der Waals surface area contributed by atoms with Gasteiger partial charge in [0, 0.05) is 17.9 Å². The molecule has 0 amide bonds. The van der Waals surface area contributed by atoms with Gasteiger partial charge in [-0.1, -0.05) is 26.0 Å². The zero-order chi connectivity index (χ0) is 29.1. The highest BCUT2D eigenvalue weighted by atomic mass is 16.7. The molecule has 11 heteroatoms. The molecular weight excluding hydrogens is 512 g/mol. The van der Waals surface area contributed by atoms with Gasteiger partial charge in [-0.25, -0.2) is 4.79 Å². The molecular formula is C28H36O11. The van der Waals surface area contributed by atoms with E-state index in [1.807, 2.05) is 0 Å². The number of hydrogen-bond donors (Lipinski definition) is 6.